The average Bonchev–Trinajstić information content (AvgIpc) is 2.42. The van der Waals surface area contributed by atoms with Crippen LogP contribution in [-0.4, -0.2) is 20.1 Å². The molecule has 0 atom stereocenters. The van der Waals surface area contributed by atoms with Crippen molar-refractivity contribution in [2.24, 2.45) is 0 Å². The van der Waals surface area contributed by atoms with E-state index < -0.39 is 10.0 Å². The number of anilines is 1. The third-order valence-corrected chi connectivity index (χ3v) is 6.26. The molecule has 0 aliphatic carbocycles. The van der Waals surface area contributed by atoms with Crippen LogP contribution in [0.3, 0.4) is 0 Å². The molecule has 2 rings (SSSR count). The van der Waals surface area contributed by atoms with Crippen molar-refractivity contribution >= 4 is 47.6 Å². The van der Waals surface area contributed by atoms with E-state index in [1.165, 1.54) is 16.4 Å². The summed E-state index contributed by atoms with van der Waals surface area (Å²) in [6.45, 7) is 2.00. The summed E-state index contributed by atoms with van der Waals surface area (Å²) < 4.78 is 28.1. The Balaban J connectivity index is 2.57. The second kappa shape index (κ2) is 6.37. The normalized spacial score (nSPS) is 11.4. The summed E-state index contributed by atoms with van der Waals surface area (Å²) in [5.41, 5.74) is 0.421. The standard InChI is InChI=1S/C14H13Br2NO3S/c1-2-17(11-4-3-5-12(18)9-11)21(19,20)14-8-10(15)6-7-13(14)16/h3-9,18H,2H2,1H3. The molecule has 2 aromatic carbocycles. The lowest BCUT2D eigenvalue weighted by Crippen LogP contribution is -2.31. The zero-order valence-electron chi connectivity index (χ0n) is 11.1. The van der Waals surface area contributed by atoms with Crippen molar-refractivity contribution in [3.05, 3.63) is 51.4 Å². The topological polar surface area (TPSA) is 57.6 Å². The Labute approximate surface area is 140 Å². The van der Waals surface area contributed by atoms with Gasteiger partial charge in [0.15, 0.2) is 0 Å². The molecule has 4 nitrogen and oxygen atoms in total. The number of hydrogen-bond donors (Lipinski definition) is 1. The molecular weight excluding hydrogens is 422 g/mol. The molecule has 21 heavy (non-hydrogen) atoms. The van der Waals surface area contributed by atoms with Crippen LogP contribution in [0, 0.1) is 0 Å². The Morgan fingerprint density at radius 3 is 2.48 bits per heavy atom. The first kappa shape index (κ1) is 16.3. The monoisotopic (exact) mass is 433 g/mol. The van der Waals surface area contributed by atoms with E-state index in [0.29, 0.717) is 14.6 Å². The van der Waals surface area contributed by atoms with Gasteiger partial charge in [0.1, 0.15) is 10.6 Å². The van der Waals surface area contributed by atoms with Crippen molar-refractivity contribution in [3.63, 3.8) is 0 Å². The molecule has 0 aromatic heterocycles. The van der Waals surface area contributed by atoms with Gasteiger partial charge in [-0.1, -0.05) is 22.0 Å². The van der Waals surface area contributed by atoms with E-state index in [1.807, 2.05) is 0 Å². The molecular formula is C14H13Br2NO3S. The van der Waals surface area contributed by atoms with Gasteiger partial charge in [0.05, 0.1) is 5.69 Å². The number of nitrogens with zero attached hydrogens (tertiary/aromatic N) is 1. The van der Waals surface area contributed by atoms with Crippen LogP contribution in [0.15, 0.2) is 56.3 Å². The van der Waals surface area contributed by atoms with E-state index in [0.717, 1.165) is 0 Å². The van der Waals surface area contributed by atoms with Crippen molar-refractivity contribution in [2.45, 2.75) is 11.8 Å². The van der Waals surface area contributed by atoms with E-state index in [-0.39, 0.29) is 17.2 Å². The number of halogens is 2. The van der Waals surface area contributed by atoms with Crippen molar-refractivity contribution < 1.29 is 13.5 Å². The zero-order valence-corrected chi connectivity index (χ0v) is 15.1. The number of rotatable bonds is 4. The summed E-state index contributed by atoms with van der Waals surface area (Å²) in [6, 6.07) is 11.2. The highest BCUT2D eigenvalue weighted by atomic mass is 79.9. The van der Waals surface area contributed by atoms with Gasteiger partial charge < -0.3 is 5.11 Å². The summed E-state index contributed by atoms with van der Waals surface area (Å²) in [4.78, 5) is 0.169. The maximum absolute atomic E-state index is 12.8. The fourth-order valence-electron chi connectivity index (χ4n) is 1.93. The van der Waals surface area contributed by atoms with Gasteiger partial charge >= 0.3 is 0 Å². The molecule has 0 radical (unpaired) electrons. The van der Waals surface area contributed by atoms with Crippen LogP contribution in [0.4, 0.5) is 5.69 Å². The van der Waals surface area contributed by atoms with Gasteiger partial charge in [0, 0.05) is 21.6 Å². The summed E-state index contributed by atoms with van der Waals surface area (Å²) in [5.74, 6) is 0.0226. The van der Waals surface area contributed by atoms with E-state index in [9.17, 15) is 13.5 Å². The van der Waals surface area contributed by atoms with Crippen LogP contribution in [0.5, 0.6) is 5.75 Å². The SMILES string of the molecule is CCN(c1cccc(O)c1)S(=O)(=O)c1cc(Br)ccc1Br. The predicted octanol–water partition coefficient (Wildman–Crippen LogP) is 4.13. The third-order valence-electron chi connectivity index (χ3n) is 2.87. The lowest BCUT2D eigenvalue weighted by Gasteiger charge is -2.23. The number of benzene rings is 2. The first-order chi connectivity index (χ1) is 9.86. The Bertz CT molecular complexity index is 763. The molecule has 0 spiro atoms. The molecule has 1 N–H and O–H groups in total. The number of sulfonamides is 1. The van der Waals surface area contributed by atoms with Crippen LogP contribution in [-0.2, 0) is 10.0 Å². The predicted molar refractivity (Wildman–Crippen MR) is 90.2 cm³/mol. The highest BCUT2D eigenvalue weighted by molar-refractivity contribution is 9.11. The van der Waals surface area contributed by atoms with Gasteiger partial charge in [-0.3, -0.25) is 4.31 Å². The molecule has 112 valence electrons. The fourth-order valence-corrected chi connectivity index (χ4v) is 4.86. The third kappa shape index (κ3) is 3.41. The Morgan fingerprint density at radius 2 is 1.86 bits per heavy atom. The number of hydrogen-bond acceptors (Lipinski definition) is 3. The Hall–Kier alpha value is -1.05. The molecule has 0 unspecified atom stereocenters. The van der Waals surface area contributed by atoms with Crippen LogP contribution < -0.4 is 4.31 Å². The summed E-state index contributed by atoms with van der Waals surface area (Å²) in [6.07, 6.45) is 0. The molecule has 2 aromatic rings. The molecule has 0 fully saturated rings. The molecule has 7 heteroatoms. The van der Waals surface area contributed by atoms with Gasteiger partial charge in [-0.25, -0.2) is 8.42 Å². The highest BCUT2D eigenvalue weighted by Gasteiger charge is 2.26. The van der Waals surface area contributed by atoms with Crippen molar-refractivity contribution in [1.29, 1.82) is 0 Å². The average molecular weight is 435 g/mol. The van der Waals surface area contributed by atoms with Gasteiger partial charge in [0.2, 0.25) is 0 Å². The van der Waals surface area contributed by atoms with Crippen molar-refractivity contribution in [2.75, 3.05) is 10.8 Å². The Kier molecular flexibility index (Phi) is 4.95. The zero-order chi connectivity index (χ0) is 15.6. The van der Waals surface area contributed by atoms with E-state index in [2.05, 4.69) is 31.9 Å². The molecule has 0 heterocycles. The molecule has 0 saturated carbocycles. The van der Waals surface area contributed by atoms with Crippen molar-refractivity contribution in [3.8, 4) is 5.75 Å². The number of phenols is 1. The summed E-state index contributed by atoms with van der Waals surface area (Å²) in [7, 11) is -3.73. The van der Waals surface area contributed by atoms with Crippen LogP contribution in [0.1, 0.15) is 6.92 Å². The van der Waals surface area contributed by atoms with Crippen LogP contribution in [0.2, 0.25) is 0 Å². The molecule has 0 saturated heterocycles. The minimum atomic E-state index is -3.73. The van der Waals surface area contributed by atoms with Gasteiger partial charge in [-0.2, -0.15) is 0 Å². The fraction of sp³-hybridized carbons (Fsp3) is 0.143. The first-order valence-electron chi connectivity index (χ1n) is 6.13. The second-order valence-corrected chi connectivity index (χ2v) is 7.87. The number of phenolic OH excluding ortho intramolecular Hbond substituents is 1. The van der Waals surface area contributed by atoms with Crippen molar-refractivity contribution in [1.82, 2.24) is 0 Å². The van der Waals surface area contributed by atoms with Gasteiger partial charge in [-0.15, -0.1) is 0 Å². The largest absolute Gasteiger partial charge is 0.508 e. The van der Waals surface area contributed by atoms with E-state index in [1.54, 1.807) is 37.3 Å². The maximum atomic E-state index is 12.8. The quantitative estimate of drug-likeness (QED) is 0.786. The minimum absolute atomic E-state index is 0.0226. The lowest BCUT2D eigenvalue weighted by molar-refractivity contribution is 0.475. The molecule has 0 aliphatic rings. The molecule has 0 aliphatic heterocycles. The summed E-state index contributed by atoms with van der Waals surface area (Å²) in [5, 5.41) is 9.55. The second-order valence-electron chi connectivity index (χ2n) is 4.26. The summed E-state index contributed by atoms with van der Waals surface area (Å²) >= 11 is 6.56. The van der Waals surface area contributed by atoms with Crippen LogP contribution in [0.25, 0.3) is 0 Å². The molecule has 0 bridgehead atoms. The maximum Gasteiger partial charge on any atom is 0.265 e. The number of aromatic hydroxyl groups is 1. The molecule has 0 amide bonds. The highest BCUT2D eigenvalue weighted by Crippen LogP contribution is 2.31. The van der Waals surface area contributed by atoms with Gasteiger partial charge in [-0.05, 0) is 53.2 Å². The smallest absolute Gasteiger partial charge is 0.265 e. The Morgan fingerprint density at radius 1 is 1.14 bits per heavy atom. The lowest BCUT2D eigenvalue weighted by atomic mass is 10.3. The minimum Gasteiger partial charge on any atom is -0.508 e. The van der Waals surface area contributed by atoms with E-state index >= 15 is 0 Å². The van der Waals surface area contributed by atoms with E-state index in [4.69, 9.17) is 0 Å². The van der Waals surface area contributed by atoms with Crippen LogP contribution >= 0.6 is 31.9 Å². The van der Waals surface area contributed by atoms with Gasteiger partial charge in [0.25, 0.3) is 10.0 Å². The first-order valence-corrected chi connectivity index (χ1v) is 9.15.